The molecule has 1 aliphatic heterocycles. The van der Waals surface area contributed by atoms with Gasteiger partial charge in [-0.1, -0.05) is 18.2 Å². The molecule has 8 heteroatoms. The Morgan fingerprint density at radius 2 is 1.88 bits per heavy atom. The second-order valence-electron chi connectivity index (χ2n) is 5.87. The van der Waals surface area contributed by atoms with Gasteiger partial charge in [-0.2, -0.15) is 0 Å². The van der Waals surface area contributed by atoms with Crippen molar-refractivity contribution >= 4 is 21.6 Å². The number of hydrogen-bond donors (Lipinski definition) is 1. The van der Waals surface area contributed by atoms with Gasteiger partial charge < -0.3 is 9.64 Å². The van der Waals surface area contributed by atoms with Crippen LogP contribution in [-0.2, 0) is 21.2 Å². The molecule has 0 fully saturated rings. The van der Waals surface area contributed by atoms with Crippen LogP contribution in [0, 0.1) is 5.82 Å². The number of hydrogen-bond acceptors (Lipinski definition) is 4. The van der Waals surface area contributed by atoms with Gasteiger partial charge in [-0.3, -0.25) is 4.79 Å². The van der Waals surface area contributed by atoms with Crippen LogP contribution < -0.4 is 14.4 Å². The number of fused-ring (bicyclic) bond motifs is 1. The molecule has 2 aromatic rings. The zero-order valence-electron chi connectivity index (χ0n) is 14.0. The van der Waals surface area contributed by atoms with E-state index in [0.717, 1.165) is 17.7 Å². The molecule has 0 saturated heterocycles. The van der Waals surface area contributed by atoms with Crippen molar-refractivity contribution in [2.75, 3.05) is 30.3 Å². The Balaban J connectivity index is 1.47. The van der Waals surface area contributed by atoms with Crippen LogP contribution in [0.25, 0.3) is 0 Å². The van der Waals surface area contributed by atoms with Crippen molar-refractivity contribution in [1.82, 2.24) is 4.72 Å². The first-order valence-corrected chi connectivity index (χ1v) is 9.84. The lowest BCUT2D eigenvalue weighted by Crippen LogP contribution is -2.40. The molecule has 1 N–H and O–H groups in total. The van der Waals surface area contributed by atoms with E-state index in [1.54, 1.807) is 4.90 Å². The van der Waals surface area contributed by atoms with Gasteiger partial charge in [0.25, 0.3) is 0 Å². The Kier molecular flexibility index (Phi) is 5.53. The van der Waals surface area contributed by atoms with Gasteiger partial charge in [0.15, 0.2) is 0 Å². The number of sulfonamides is 1. The SMILES string of the molecule is O=C(CNS(=O)(=O)CCOc1ccc(F)cc1)N1CCc2ccccc21. The largest absolute Gasteiger partial charge is 0.492 e. The summed E-state index contributed by atoms with van der Waals surface area (Å²) in [7, 11) is -3.66. The van der Waals surface area contributed by atoms with E-state index >= 15 is 0 Å². The van der Waals surface area contributed by atoms with Gasteiger partial charge in [-0.25, -0.2) is 17.5 Å². The van der Waals surface area contributed by atoms with Gasteiger partial charge >= 0.3 is 0 Å². The molecule has 0 radical (unpaired) electrons. The van der Waals surface area contributed by atoms with E-state index in [1.165, 1.54) is 24.3 Å². The van der Waals surface area contributed by atoms with Gasteiger partial charge in [0.05, 0.1) is 12.3 Å². The number of para-hydroxylation sites is 1. The molecule has 0 atom stereocenters. The number of halogens is 1. The van der Waals surface area contributed by atoms with Crippen LogP contribution in [0.3, 0.4) is 0 Å². The fourth-order valence-electron chi connectivity index (χ4n) is 2.74. The summed E-state index contributed by atoms with van der Waals surface area (Å²) < 4.78 is 44.4. The molecule has 2 aromatic carbocycles. The highest BCUT2D eigenvalue weighted by Crippen LogP contribution is 2.27. The molecular formula is C18H19FN2O4S. The number of carbonyl (C=O) groups excluding carboxylic acids is 1. The molecule has 3 rings (SSSR count). The van der Waals surface area contributed by atoms with Crippen molar-refractivity contribution in [2.24, 2.45) is 0 Å². The lowest BCUT2D eigenvalue weighted by Gasteiger charge is -2.17. The maximum atomic E-state index is 12.8. The number of benzene rings is 2. The van der Waals surface area contributed by atoms with Crippen LogP contribution in [0.1, 0.15) is 5.56 Å². The average molecular weight is 378 g/mol. The Hall–Kier alpha value is -2.45. The van der Waals surface area contributed by atoms with Gasteiger partial charge in [0.2, 0.25) is 15.9 Å². The summed E-state index contributed by atoms with van der Waals surface area (Å²) in [5.41, 5.74) is 1.91. The highest BCUT2D eigenvalue weighted by atomic mass is 32.2. The standard InChI is InChI=1S/C18H19FN2O4S/c19-15-5-7-16(8-6-15)25-11-12-26(23,24)20-13-18(22)21-10-9-14-3-1-2-4-17(14)21/h1-8,20H,9-13H2. The zero-order valence-corrected chi connectivity index (χ0v) is 14.8. The number of carbonyl (C=O) groups is 1. The molecule has 0 spiro atoms. The molecule has 0 aliphatic carbocycles. The zero-order chi connectivity index (χ0) is 18.6. The third-order valence-electron chi connectivity index (χ3n) is 4.07. The summed E-state index contributed by atoms with van der Waals surface area (Å²) in [5.74, 6) is -0.605. The summed E-state index contributed by atoms with van der Waals surface area (Å²) >= 11 is 0. The quantitative estimate of drug-likeness (QED) is 0.796. The molecule has 1 amide bonds. The summed E-state index contributed by atoms with van der Waals surface area (Å²) in [5, 5.41) is 0. The van der Waals surface area contributed by atoms with Crippen molar-refractivity contribution < 1.29 is 22.3 Å². The van der Waals surface area contributed by atoms with Crippen molar-refractivity contribution in [3.05, 3.63) is 59.9 Å². The highest BCUT2D eigenvalue weighted by molar-refractivity contribution is 7.89. The third kappa shape index (κ3) is 4.59. The number of rotatable bonds is 7. The van der Waals surface area contributed by atoms with Crippen LogP contribution in [0.15, 0.2) is 48.5 Å². The average Bonchev–Trinajstić information content (AvgIpc) is 3.06. The van der Waals surface area contributed by atoms with E-state index < -0.39 is 15.8 Å². The topological polar surface area (TPSA) is 75.7 Å². The fraction of sp³-hybridized carbons (Fsp3) is 0.278. The molecular weight excluding hydrogens is 359 g/mol. The Morgan fingerprint density at radius 1 is 1.15 bits per heavy atom. The summed E-state index contributed by atoms with van der Waals surface area (Å²) in [6.07, 6.45) is 0.764. The van der Waals surface area contributed by atoms with E-state index in [4.69, 9.17) is 4.74 Å². The maximum absolute atomic E-state index is 12.8. The number of nitrogens with one attached hydrogen (secondary N) is 1. The normalized spacial score (nSPS) is 13.5. The molecule has 1 aliphatic rings. The summed E-state index contributed by atoms with van der Waals surface area (Å²) in [6, 6.07) is 12.9. The molecule has 6 nitrogen and oxygen atoms in total. The minimum Gasteiger partial charge on any atom is -0.492 e. The molecule has 0 bridgehead atoms. The van der Waals surface area contributed by atoms with Crippen LogP contribution in [-0.4, -0.2) is 39.8 Å². The number of amides is 1. The summed E-state index contributed by atoms with van der Waals surface area (Å²) in [4.78, 5) is 13.9. The number of anilines is 1. The predicted molar refractivity (Wildman–Crippen MR) is 96.2 cm³/mol. The Morgan fingerprint density at radius 3 is 2.65 bits per heavy atom. The molecule has 26 heavy (non-hydrogen) atoms. The van der Waals surface area contributed by atoms with Gasteiger partial charge in [0.1, 0.15) is 18.2 Å². The number of ether oxygens (including phenoxy) is 1. The van der Waals surface area contributed by atoms with Gasteiger partial charge in [-0.05, 0) is 42.3 Å². The van der Waals surface area contributed by atoms with Crippen molar-refractivity contribution in [2.45, 2.75) is 6.42 Å². The molecule has 0 unspecified atom stereocenters. The van der Waals surface area contributed by atoms with E-state index in [1.807, 2.05) is 24.3 Å². The summed E-state index contributed by atoms with van der Waals surface area (Å²) in [6.45, 7) is 0.155. The fourth-order valence-corrected chi connectivity index (χ4v) is 3.53. The molecule has 138 valence electrons. The van der Waals surface area contributed by atoms with Crippen molar-refractivity contribution in [1.29, 1.82) is 0 Å². The Bertz CT molecular complexity index is 884. The lowest BCUT2D eigenvalue weighted by atomic mass is 10.2. The highest BCUT2D eigenvalue weighted by Gasteiger charge is 2.25. The van der Waals surface area contributed by atoms with E-state index in [2.05, 4.69) is 4.72 Å². The van der Waals surface area contributed by atoms with E-state index in [0.29, 0.717) is 12.3 Å². The first-order valence-electron chi connectivity index (χ1n) is 8.18. The minimum atomic E-state index is -3.66. The maximum Gasteiger partial charge on any atom is 0.242 e. The predicted octanol–water partition coefficient (Wildman–Crippen LogP) is 1.71. The molecule has 1 heterocycles. The minimum absolute atomic E-state index is 0.0955. The first-order chi connectivity index (χ1) is 12.4. The van der Waals surface area contributed by atoms with Crippen LogP contribution in [0.4, 0.5) is 10.1 Å². The van der Waals surface area contributed by atoms with Crippen LogP contribution >= 0.6 is 0 Å². The monoisotopic (exact) mass is 378 g/mol. The molecule has 0 aromatic heterocycles. The second-order valence-corrected chi connectivity index (χ2v) is 7.79. The molecule has 0 saturated carbocycles. The van der Waals surface area contributed by atoms with E-state index in [-0.39, 0.29) is 24.8 Å². The smallest absolute Gasteiger partial charge is 0.242 e. The second kappa shape index (κ2) is 7.84. The van der Waals surface area contributed by atoms with Crippen molar-refractivity contribution in [3.8, 4) is 5.75 Å². The van der Waals surface area contributed by atoms with Crippen LogP contribution in [0.2, 0.25) is 0 Å². The van der Waals surface area contributed by atoms with Crippen molar-refractivity contribution in [3.63, 3.8) is 0 Å². The lowest BCUT2D eigenvalue weighted by molar-refractivity contribution is -0.117. The third-order valence-corrected chi connectivity index (χ3v) is 5.35. The van der Waals surface area contributed by atoms with Gasteiger partial charge in [0, 0.05) is 12.2 Å². The Labute approximate surface area is 151 Å². The van der Waals surface area contributed by atoms with Gasteiger partial charge in [-0.15, -0.1) is 0 Å². The van der Waals surface area contributed by atoms with E-state index in [9.17, 15) is 17.6 Å². The van der Waals surface area contributed by atoms with Crippen LogP contribution in [0.5, 0.6) is 5.75 Å². The number of nitrogens with zero attached hydrogens (tertiary/aromatic N) is 1. The first kappa shape index (κ1) is 18.3.